The Labute approximate surface area is 171 Å². The summed E-state index contributed by atoms with van der Waals surface area (Å²) in [5.41, 5.74) is 7.28. The molecule has 1 aliphatic carbocycles. The van der Waals surface area contributed by atoms with Crippen molar-refractivity contribution >= 4 is 11.6 Å². The van der Waals surface area contributed by atoms with E-state index in [9.17, 15) is 4.79 Å². The molecule has 0 bridgehead atoms. The van der Waals surface area contributed by atoms with Crippen LogP contribution >= 0.6 is 0 Å². The molecule has 1 heterocycles. The van der Waals surface area contributed by atoms with E-state index in [2.05, 4.69) is 20.6 Å². The molecular formula is C24H26N4O. The smallest absolute Gasteiger partial charge is 0.251 e. The largest absolute Gasteiger partial charge is 0.388 e. The highest BCUT2D eigenvalue weighted by molar-refractivity contribution is 5.95. The van der Waals surface area contributed by atoms with E-state index in [1.54, 1.807) is 0 Å². The van der Waals surface area contributed by atoms with Gasteiger partial charge in [0.25, 0.3) is 5.91 Å². The topological polar surface area (TPSA) is 66.9 Å². The summed E-state index contributed by atoms with van der Waals surface area (Å²) in [6, 6.07) is 15.8. The van der Waals surface area contributed by atoms with Gasteiger partial charge in [-0.1, -0.05) is 24.3 Å². The number of carbonyl (C=O) groups is 1. The summed E-state index contributed by atoms with van der Waals surface area (Å²) in [5.74, 6) is 0.577. The molecule has 2 aromatic carbocycles. The Morgan fingerprint density at radius 3 is 2.59 bits per heavy atom. The molecule has 0 saturated carbocycles. The summed E-state index contributed by atoms with van der Waals surface area (Å²) in [7, 11) is 1.90. The highest BCUT2D eigenvalue weighted by Crippen LogP contribution is 2.23. The van der Waals surface area contributed by atoms with Gasteiger partial charge < -0.3 is 10.6 Å². The summed E-state index contributed by atoms with van der Waals surface area (Å²) in [6.45, 7) is 2.38. The van der Waals surface area contributed by atoms with Gasteiger partial charge in [-0.2, -0.15) is 0 Å². The fraction of sp³-hybridized carbons (Fsp3) is 0.292. The number of aryl methyl sites for hydroxylation is 2. The van der Waals surface area contributed by atoms with Crippen LogP contribution in [0, 0.1) is 6.92 Å². The van der Waals surface area contributed by atoms with Gasteiger partial charge in [-0.05, 0) is 73.6 Å². The quantitative estimate of drug-likeness (QED) is 0.686. The van der Waals surface area contributed by atoms with Crippen LogP contribution in [-0.2, 0) is 19.4 Å². The average Bonchev–Trinajstić information content (AvgIpc) is 2.77. The zero-order chi connectivity index (χ0) is 20.2. The molecule has 0 fully saturated rings. The number of fused-ring (bicyclic) bond motifs is 1. The minimum absolute atomic E-state index is 0.113. The van der Waals surface area contributed by atoms with Gasteiger partial charge in [0.05, 0.1) is 6.54 Å². The number of rotatable bonds is 5. The molecule has 0 saturated heterocycles. The molecule has 3 aromatic rings. The van der Waals surface area contributed by atoms with E-state index in [1.165, 1.54) is 18.4 Å². The monoisotopic (exact) mass is 386 g/mol. The predicted octanol–water partition coefficient (Wildman–Crippen LogP) is 4.30. The minimum Gasteiger partial charge on any atom is -0.388 e. The first-order valence-electron chi connectivity index (χ1n) is 10.2. The van der Waals surface area contributed by atoms with Gasteiger partial charge in [0.1, 0.15) is 5.82 Å². The van der Waals surface area contributed by atoms with Crippen LogP contribution < -0.4 is 10.6 Å². The number of nitrogens with one attached hydrogen (secondary N) is 2. The van der Waals surface area contributed by atoms with Gasteiger partial charge in [0.2, 0.25) is 0 Å². The van der Waals surface area contributed by atoms with E-state index in [1.807, 2.05) is 62.5 Å². The fourth-order valence-corrected chi connectivity index (χ4v) is 3.85. The summed E-state index contributed by atoms with van der Waals surface area (Å²) in [5, 5.41) is 6.09. The molecule has 1 amide bonds. The zero-order valence-corrected chi connectivity index (χ0v) is 17.0. The molecule has 0 radical (unpaired) electrons. The lowest BCUT2D eigenvalue weighted by molar-refractivity contribution is 0.0950. The van der Waals surface area contributed by atoms with Crippen molar-refractivity contribution in [1.29, 1.82) is 0 Å². The predicted molar refractivity (Wildman–Crippen MR) is 116 cm³/mol. The van der Waals surface area contributed by atoms with E-state index in [4.69, 9.17) is 0 Å². The van der Waals surface area contributed by atoms with Crippen molar-refractivity contribution in [3.8, 4) is 11.1 Å². The second kappa shape index (κ2) is 8.43. The SMILES string of the molecule is CNc1ccc(-c2cccc(C(=O)NCc3nc(C)c4c(n3)CCCC4)c2)cc1. The van der Waals surface area contributed by atoms with Crippen molar-refractivity contribution in [1.82, 2.24) is 15.3 Å². The van der Waals surface area contributed by atoms with Crippen molar-refractivity contribution in [2.45, 2.75) is 39.2 Å². The Morgan fingerprint density at radius 2 is 1.79 bits per heavy atom. The first-order chi connectivity index (χ1) is 14.1. The fourth-order valence-electron chi connectivity index (χ4n) is 3.85. The highest BCUT2D eigenvalue weighted by atomic mass is 16.1. The Balaban J connectivity index is 1.47. The standard InChI is InChI=1S/C24H26N4O/c1-16-21-8-3-4-9-22(21)28-23(27-16)15-26-24(29)19-7-5-6-18(14-19)17-10-12-20(25-2)13-11-17/h5-7,10-14,25H,3-4,8-9,15H2,1-2H3,(H,26,29). The maximum atomic E-state index is 12.7. The third kappa shape index (κ3) is 4.29. The molecule has 0 aliphatic heterocycles. The second-order valence-electron chi connectivity index (χ2n) is 7.45. The van der Waals surface area contributed by atoms with E-state index >= 15 is 0 Å². The van der Waals surface area contributed by atoms with Crippen molar-refractivity contribution in [2.24, 2.45) is 0 Å². The molecule has 0 unspecified atom stereocenters. The second-order valence-corrected chi connectivity index (χ2v) is 7.45. The third-order valence-corrected chi connectivity index (χ3v) is 5.47. The first kappa shape index (κ1) is 19.1. The lowest BCUT2D eigenvalue weighted by Gasteiger charge is -2.17. The molecule has 5 heteroatoms. The minimum atomic E-state index is -0.113. The normalized spacial score (nSPS) is 12.9. The van der Waals surface area contributed by atoms with Crippen LogP contribution in [0.5, 0.6) is 0 Å². The number of aromatic nitrogens is 2. The lowest BCUT2D eigenvalue weighted by Crippen LogP contribution is -2.25. The Kier molecular flexibility index (Phi) is 5.56. The molecular weight excluding hydrogens is 360 g/mol. The maximum Gasteiger partial charge on any atom is 0.251 e. The van der Waals surface area contributed by atoms with Gasteiger partial charge in [0, 0.05) is 29.7 Å². The number of hydrogen-bond donors (Lipinski definition) is 2. The molecule has 5 nitrogen and oxygen atoms in total. The molecule has 2 N–H and O–H groups in total. The number of benzene rings is 2. The first-order valence-corrected chi connectivity index (χ1v) is 10.2. The van der Waals surface area contributed by atoms with Crippen LogP contribution in [0.15, 0.2) is 48.5 Å². The van der Waals surface area contributed by atoms with Gasteiger partial charge in [-0.25, -0.2) is 9.97 Å². The van der Waals surface area contributed by atoms with Gasteiger partial charge in [-0.3, -0.25) is 4.79 Å². The molecule has 148 valence electrons. The van der Waals surface area contributed by atoms with Crippen LogP contribution in [0.2, 0.25) is 0 Å². The number of hydrogen-bond acceptors (Lipinski definition) is 4. The van der Waals surface area contributed by atoms with Crippen molar-refractivity contribution in [3.63, 3.8) is 0 Å². The molecule has 0 spiro atoms. The molecule has 0 atom stereocenters. The number of carbonyl (C=O) groups excluding carboxylic acids is 1. The Morgan fingerprint density at radius 1 is 1.00 bits per heavy atom. The maximum absolute atomic E-state index is 12.7. The van der Waals surface area contributed by atoms with Crippen LogP contribution in [0.3, 0.4) is 0 Å². The summed E-state index contributed by atoms with van der Waals surface area (Å²) in [4.78, 5) is 22.0. The van der Waals surface area contributed by atoms with Crippen LogP contribution in [0.25, 0.3) is 11.1 Å². The van der Waals surface area contributed by atoms with E-state index in [-0.39, 0.29) is 5.91 Å². The van der Waals surface area contributed by atoms with Crippen LogP contribution in [-0.4, -0.2) is 22.9 Å². The number of nitrogens with zero attached hydrogens (tertiary/aromatic N) is 2. The van der Waals surface area contributed by atoms with Crippen molar-refractivity contribution in [2.75, 3.05) is 12.4 Å². The average molecular weight is 386 g/mol. The number of amides is 1. The molecule has 1 aliphatic rings. The van der Waals surface area contributed by atoms with E-state index in [0.717, 1.165) is 41.0 Å². The molecule has 4 rings (SSSR count). The van der Waals surface area contributed by atoms with Gasteiger partial charge in [0.15, 0.2) is 0 Å². The molecule has 29 heavy (non-hydrogen) atoms. The Bertz CT molecular complexity index is 1030. The molecule has 1 aromatic heterocycles. The van der Waals surface area contributed by atoms with Gasteiger partial charge in [-0.15, -0.1) is 0 Å². The summed E-state index contributed by atoms with van der Waals surface area (Å²) >= 11 is 0. The van der Waals surface area contributed by atoms with Gasteiger partial charge >= 0.3 is 0 Å². The summed E-state index contributed by atoms with van der Waals surface area (Å²) < 4.78 is 0. The van der Waals surface area contributed by atoms with Crippen LogP contribution in [0.1, 0.15) is 46.0 Å². The van der Waals surface area contributed by atoms with Crippen molar-refractivity contribution < 1.29 is 4.79 Å². The van der Waals surface area contributed by atoms with Crippen molar-refractivity contribution in [3.05, 3.63) is 76.9 Å². The highest BCUT2D eigenvalue weighted by Gasteiger charge is 2.16. The van der Waals surface area contributed by atoms with Crippen LogP contribution in [0.4, 0.5) is 5.69 Å². The van der Waals surface area contributed by atoms with E-state index < -0.39 is 0 Å². The zero-order valence-electron chi connectivity index (χ0n) is 17.0. The summed E-state index contributed by atoms with van der Waals surface area (Å²) in [6.07, 6.45) is 4.46. The number of anilines is 1. The lowest BCUT2D eigenvalue weighted by atomic mass is 9.95. The third-order valence-electron chi connectivity index (χ3n) is 5.47. The van der Waals surface area contributed by atoms with E-state index in [0.29, 0.717) is 17.9 Å². The Hall–Kier alpha value is -3.21.